The third-order valence-electron chi connectivity index (χ3n) is 5.10. The van der Waals surface area contributed by atoms with Crippen LogP contribution >= 0.6 is 0 Å². The quantitative estimate of drug-likeness (QED) is 0.801. The third-order valence-corrected chi connectivity index (χ3v) is 5.10. The van der Waals surface area contributed by atoms with E-state index >= 15 is 0 Å². The number of aromatic amines is 1. The first-order chi connectivity index (χ1) is 11.6. The zero-order valence-electron chi connectivity index (χ0n) is 14.0. The highest BCUT2D eigenvalue weighted by molar-refractivity contribution is 5.81. The van der Waals surface area contributed by atoms with Crippen LogP contribution < -0.4 is 5.56 Å². The number of fused-ring (bicyclic) bond motifs is 2. The minimum Gasteiger partial charge on any atom is -0.364 e. The zero-order valence-corrected chi connectivity index (χ0v) is 14.0. The van der Waals surface area contributed by atoms with Gasteiger partial charge in [0, 0.05) is 23.7 Å². The van der Waals surface area contributed by atoms with Crippen molar-refractivity contribution >= 4 is 10.9 Å². The molecule has 4 rings (SSSR count). The highest BCUT2D eigenvalue weighted by Crippen LogP contribution is 2.26. The summed E-state index contributed by atoms with van der Waals surface area (Å²) in [7, 11) is 1.99. The van der Waals surface area contributed by atoms with Crippen LogP contribution in [0.3, 0.4) is 0 Å². The maximum Gasteiger partial charge on any atom is 0.252 e. The van der Waals surface area contributed by atoms with Gasteiger partial charge < -0.3 is 9.51 Å². The predicted molar refractivity (Wildman–Crippen MR) is 93.0 cm³/mol. The van der Waals surface area contributed by atoms with Crippen molar-refractivity contribution in [2.24, 2.45) is 0 Å². The highest BCUT2D eigenvalue weighted by atomic mass is 16.5. The van der Waals surface area contributed by atoms with E-state index in [1.807, 2.05) is 19.2 Å². The molecule has 0 unspecified atom stereocenters. The van der Waals surface area contributed by atoms with Crippen LogP contribution in [0.5, 0.6) is 0 Å². The predicted octanol–water partition coefficient (Wildman–Crippen LogP) is 3.20. The third kappa shape index (κ3) is 2.65. The molecular formula is C19H21N3O2. The topological polar surface area (TPSA) is 62.1 Å². The molecule has 0 aliphatic heterocycles. The fourth-order valence-electron chi connectivity index (χ4n) is 3.51. The smallest absolute Gasteiger partial charge is 0.252 e. The molecule has 0 bridgehead atoms. The van der Waals surface area contributed by atoms with Gasteiger partial charge in [-0.05, 0) is 67.9 Å². The Bertz CT molecular complexity index is 928. The molecule has 0 radical (unpaired) electrons. The normalized spacial score (nSPS) is 15.1. The first kappa shape index (κ1) is 15.1. The molecule has 3 aromatic rings. The number of rotatable bonds is 4. The first-order valence-corrected chi connectivity index (χ1v) is 8.40. The Morgan fingerprint density at radius 1 is 1.29 bits per heavy atom. The second-order valence-electron chi connectivity index (χ2n) is 6.70. The van der Waals surface area contributed by atoms with Crippen LogP contribution in [0.15, 0.2) is 39.8 Å². The molecule has 0 amide bonds. The van der Waals surface area contributed by atoms with E-state index in [0.29, 0.717) is 6.54 Å². The summed E-state index contributed by atoms with van der Waals surface area (Å²) in [5.74, 6) is 0. The van der Waals surface area contributed by atoms with E-state index in [2.05, 4.69) is 34.1 Å². The van der Waals surface area contributed by atoms with E-state index < -0.39 is 0 Å². The van der Waals surface area contributed by atoms with E-state index in [1.165, 1.54) is 17.5 Å². The molecule has 0 spiro atoms. The fourth-order valence-corrected chi connectivity index (χ4v) is 3.51. The molecule has 24 heavy (non-hydrogen) atoms. The summed E-state index contributed by atoms with van der Waals surface area (Å²) < 4.78 is 4.92. The minimum atomic E-state index is -0.0142. The molecule has 124 valence electrons. The number of aryl methyl sites for hydroxylation is 2. The lowest BCUT2D eigenvalue weighted by Gasteiger charge is -2.22. The Balaban J connectivity index is 1.65. The van der Waals surface area contributed by atoms with Crippen LogP contribution in [0, 0.1) is 0 Å². The van der Waals surface area contributed by atoms with Gasteiger partial charge in [-0.1, -0.05) is 5.16 Å². The van der Waals surface area contributed by atoms with Crippen LogP contribution in [0.1, 0.15) is 41.8 Å². The molecule has 5 heteroatoms. The van der Waals surface area contributed by atoms with Crippen molar-refractivity contribution in [2.45, 2.75) is 38.8 Å². The van der Waals surface area contributed by atoms with Crippen molar-refractivity contribution in [3.63, 3.8) is 0 Å². The Hall–Kier alpha value is -2.40. The van der Waals surface area contributed by atoms with Crippen molar-refractivity contribution in [3.8, 4) is 0 Å². The van der Waals surface area contributed by atoms with Gasteiger partial charge in [0.1, 0.15) is 12.0 Å². The van der Waals surface area contributed by atoms with Gasteiger partial charge in [-0.25, -0.2) is 0 Å². The number of pyridine rings is 1. The maximum absolute atomic E-state index is 12.5. The average molecular weight is 323 g/mol. The maximum atomic E-state index is 12.5. The number of hydrogen-bond donors (Lipinski definition) is 1. The van der Waals surface area contributed by atoms with Gasteiger partial charge in [-0.15, -0.1) is 0 Å². The lowest BCUT2D eigenvalue weighted by molar-refractivity contribution is 0.240. The summed E-state index contributed by atoms with van der Waals surface area (Å²) in [4.78, 5) is 17.6. The number of benzene rings is 1. The van der Waals surface area contributed by atoms with Crippen LogP contribution in [0.25, 0.3) is 10.9 Å². The van der Waals surface area contributed by atoms with Crippen LogP contribution in [0.2, 0.25) is 0 Å². The van der Waals surface area contributed by atoms with E-state index in [1.54, 1.807) is 6.26 Å². The highest BCUT2D eigenvalue weighted by Gasteiger charge is 2.17. The Morgan fingerprint density at radius 3 is 2.83 bits per heavy atom. The van der Waals surface area contributed by atoms with Crippen LogP contribution in [-0.2, 0) is 19.4 Å². The molecule has 0 fully saturated rings. The van der Waals surface area contributed by atoms with Crippen molar-refractivity contribution in [3.05, 3.63) is 63.3 Å². The van der Waals surface area contributed by atoms with Gasteiger partial charge in [0.15, 0.2) is 0 Å². The molecule has 2 aromatic heterocycles. The van der Waals surface area contributed by atoms with Gasteiger partial charge >= 0.3 is 0 Å². The number of hydrogen-bond acceptors (Lipinski definition) is 4. The lowest BCUT2D eigenvalue weighted by Crippen LogP contribution is -2.26. The largest absolute Gasteiger partial charge is 0.364 e. The van der Waals surface area contributed by atoms with Gasteiger partial charge in [0.25, 0.3) is 5.56 Å². The Kier molecular flexibility index (Phi) is 3.73. The molecule has 1 N–H and O–H groups in total. The number of nitrogens with zero attached hydrogens (tertiary/aromatic N) is 2. The summed E-state index contributed by atoms with van der Waals surface area (Å²) in [5.41, 5.74) is 5.37. The van der Waals surface area contributed by atoms with Crippen LogP contribution in [-0.4, -0.2) is 22.1 Å². The zero-order chi connectivity index (χ0) is 16.7. The van der Waals surface area contributed by atoms with Crippen molar-refractivity contribution in [2.75, 3.05) is 7.05 Å². The molecular weight excluding hydrogens is 302 g/mol. The summed E-state index contributed by atoms with van der Waals surface area (Å²) in [5, 5.41) is 5.11. The molecule has 0 saturated heterocycles. The molecule has 0 saturated carbocycles. The molecule has 2 heterocycles. The molecule has 1 aromatic carbocycles. The first-order valence-electron chi connectivity index (χ1n) is 8.40. The summed E-state index contributed by atoms with van der Waals surface area (Å²) in [6, 6.07) is 8.34. The van der Waals surface area contributed by atoms with E-state index in [-0.39, 0.29) is 11.6 Å². The second-order valence-corrected chi connectivity index (χ2v) is 6.70. The lowest BCUT2D eigenvalue weighted by atomic mass is 10.0. The summed E-state index contributed by atoms with van der Waals surface area (Å²) in [6.07, 6.45) is 5.04. The van der Waals surface area contributed by atoms with Gasteiger partial charge in [0.05, 0.1) is 6.04 Å². The summed E-state index contributed by atoms with van der Waals surface area (Å²) >= 11 is 0. The second kappa shape index (κ2) is 5.91. The minimum absolute atomic E-state index is 0.0142. The fraction of sp³-hybridized carbons (Fsp3) is 0.368. The van der Waals surface area contributed by atoms with Crippen molar-refractivity contribution in [1.82, 2.24) is 15.0 Å². The summed E-state index contributed by atoms with van der Waals surface area (Å²) in [6.45, 7) is 2.62. The van der Waals surface area contributed by atoms with E-state index in [4.69, 9.17) is 4.52 Å². The molecule has 1 aliphatic rings. The van der Waals surface area contributed by atoms with Gasteiger partial charge in [-0.2, -0.15) is 0 Å². The standard InChI is InChI=1S/C19H21N3O2/c1-12(17-6-7-24-21-17)22(2)11-16-9-15-8-13-4-3-5-14(13)10-18(15)20-19(16)23/h6-10,12H,3-5,11H2,1-2H3,(H,20,23)/t12-/m0/s1. The number of H-pyrrole nitrogens is 1. The molecule has 1 atom stereocenters. The van der Waals surface area contributed by atoms with E-state index in [0.717, 1.165) is 35.0 Å². The van der Waals surface area contributed by atoms with Crippen molar-refractivity contribution < 1.29 is 4.52 Å². The Morgan fingerprint density at radius 2 is 2.08 bits per heavy atom. The van der Waals surface area contributed by atoms with Gasteiger partial charge in [0.2, 0.25) is 0 Å². The molecule has 5 nitrogen and oxygen atoms in total. The van der Waals surface area contributed by atoms with Crippen molar-refractivity contribution in [1.29, 1.82) is 0 Å². The Labute approximate surface area is 140 Å². The monoisotopic (exact) mass is 323 g/mol. The molecule has 1 aliphatic carbocycles. The number of nitrogens with one attached hydrogen (secondary N) is 1. The number of aromatic nitrogens is 2. The van der Waals surface area contributed by atoms with Crippen LogP contribution in [0.4, 0.5) is 0 Å². The van der Waals surface area contributed by atoms with E-state index in [9.17, 15) is 4.79 Å². The SMILES string of the molecule is C[C@@H](c1ccon1)N(C)Cc1cc2cc3c(cc2[nH]c1=O)CCC3. The average Bonchev–Trinajstić information content (AvgIpc) is 3.24. The van der Waals surface area contributed by atoms with Gasteiger partial charge in [-0.3, -0.25) is 9.69 Å².